The van der Waals surface area contributed by atoms with E-state index in [-0.39, 0.29) is 0 Å². The van der Waals surface area contributed by atoms with E-state index in [1.807, 2.05) is 18.2 Å². The maximum absolute atomic E-state index is 8.82. The van der Waals surface area contributed by atoms with Crippen molar-refractivity contribution >= 4 is 0 Å². The zero-order valence-corrected chi connectivity index (χ0v) is 6.77. The largest absolute Gasteiger partial charge is 0.364 e. The van der Waals surface area contributed by atoms with E-state index in [0.717, 1.165) is 11.1 Å². The van der Waals surface area contributed by atoms with Crippen molar-refractivity contribution < 1.29 is 4.52 Å². The van der Waals surface area contributed by atoms with E-state index in [0.29, 0.717) is 5.56 Å². The number of hydrogen-bond donors (Lipinski definition) is 0. The predicted octanol–water partition coefficient (Wildman–Crippen LogP) is 2.21. The molecule has 2 aromatic rings. The molecule has 0 aliphatic carbocycles. The molecule has 0 unspecified atom stereocenters. The van der Waals surface area contributed by atoms with Gasteiger partial charge in [0.1, 0.15) is 6.26 Å². The van der Waals surface area contributed by atoms with Gasteiger partial charge in [-0.3, -0.25) is 0 Å². The second kappa shape index (κ2) is 3.11. The zero-order chi connectivity index (χ0) is 9.10. The summed E-state index contributed by atoms with van der Waals surface area (Å²) in [7, 11) is 0. The lowest BCUT2D eigenvalue weighted by molar-refractivity contribution is 0.420. The maximum Gasteiger partial charge on any atom is 0.131 e. The second-order valence-electron chi connectivity index (χ2n) is 2.57. The highest BCUT2D eigenvalue weighted by Gasteiger charge is 2.04. The first-order chi connectivity index (χ1) is 6.42. The first-order valence-electron chi connectivity index (χ1n) is 3.80. The highest BCUT2D eigenvalue weighted by Crippen LogP contribution is 2.21. The Bertz CT molecular complexity index is 440. The average Bonchev–Trinajstić information content (AvgIpc) is 2.70. The third-order valence-electron chi connectivity index (χ3n) is 1.79. The summed E-state index contributed by atoms with van der Waals surface area (Å²) in [6.45, 7) is 0. The summed E-state index contributed by atoms with van der Waals surface area (Å²) in [4.78, 5) is 0. The van der Waals surface area contributed by atoms with Crippen molar-refractivity contribution in [1.82, 2.24) is 5.16 Å². The molecule has 0 saturated heterocycles. The third-order valence-corrected chi connectivity index (χ3v) is 1.79. The number of nitrogens with zero attached hydrogens (tertiary/aromatic N) is 2. The molecule has 13 heavy (non-hydrogen) atoms. The van der Waals surface area contributed by atoms with Gasteiger partial charge in [-0.1, -0.05) is 23.4 Å². The number of nitriles is 1. The topological polar surface area (TPSA) is 49.8 Å². The van der Waals surface area contributed by atoms with E-state index in [1.165, 1.54) is 6.26 Å². The SMILES string of the molecule is N#Cc1ccccc1-c1cnoc1. The van der Waals surface area contributed by atoms with E-state index < -0.39 is 0 Å². The Hall–Kier alpha value is -2.08. The van der Waals surface area contributed by atoms with Crippen molar-refractivity contribution in [3.8, 4) is 17.2 Å². The van der Waals surface area contributed by atoms with Gasteiger partial charge in [-0.05, 0) is 6.07 Å². The Kier molecular flexibility index (Phi) is 1.81. The number of rotatable bonds is 1. The van der Waals surface area contributed by atoms with Gasteiger partial charge in [-0.15, -0.1) is 0 Å². The summed E-state index contributed by atoms with van der Waals surface area (Å²) >= 11 is 0. The van der Waals surface area contributed by atoms with E-state index in [1.54, 1.807) is 12.3 Å². The van der Waals surface area contributed by atoms with Crippen LogP contribution in [0.15, 0.2) is 41.2 Å². The molecule has 0 spiro atoms. The van der Waals surface area contributed by atoms with Crippen LogP contribution in [0.4, 0.5) is 0 Å². The number of hydrogen-bond acceptors (Lipinski definition) is 3. The Balaban J connectivity index is 2.59. The van der Waals surface area contributed by atoms with E-state index in [4.69, 9.17) is 9.78 Å². The zero-order valence-electron chi connectivity index (χ0n) is 6.77. The van der Waals surface area contributed by atoms with E-state index >= 15 is 0 Å². The summed E-state index contributed by atoms with van der Waals surface area (Å²) in [5.74, 6) is 0. The molecule has 62 valence electrons. The van der Waals surface area contributed by atoms with Gasteiger partial charge in [-0.2, -0.15) is 5.26 Å². The highest BCUT2D eigenvalue weighted by atomic mass is 16.5. The van der Waals surface area contributed by atoms with Crippen LogP contribution in [0.2, 0.25) is 0 Å². The summed E-state index contributed by atoms with van der Waals surface area (Å²) in [6, 6.07) is 9.45. The minimum Gasteiger partial charge on any atom is -0.364 e. The lowest BCUT2D eigenvalue weighted by Gasteiger charge is -1.97. The fourth-order valence-electron chi connectivity index (χ4n) is 1.17. The quantitative estimate of drug-likeness (QED) is 0.659. The molecular weight excluding hydrogens is 164 g/mol. The Morgan fingerprint density at radius 1 is 1.31 bits per heavy atom. The first-order valence-corrected chi connectivity index (χ1v) is 3.80. The predicted molar refractivity (Wildman–Crippen MR) is 46.7 cm³/mol. The van der Waals surface area contributed by atoms with E-state index in [2.05, 4.69) is 11.2 Å². The maximum atomic E-state index is 8.82. The van der Waals surface area contributed by atoms with Crippen LogP contribution in [0.5, 0.6) is 0 Å². The Morgan fingerprint density at radius 3 is 2.85 bits per heavy atom. The van der Waals surface area contributed by atoms with Crippen molar-refractivity contribution in [1.29, 1.82) is 5.26 Å². The average molecular weight is 170 g/mol. The molecule has 0 amide bonds. The molecule has 0 aliphatic heterocycles. The molecule has 0 aliphatic rings. The monoisotopic (exact) mass is 170 g/mol. The summed E-state index contributed by atoms with van der Waals surface area (Å²) in [6.07, 6.45) is 3.12. The van der Waals surface area contributed by atoms with Crippen LogP contribution in [0.3, 0.4) is 0 Å². The van der Waals surface area contributed by atoms with Crippen molar-refractivity contribution in [3.63, 3.8) is 0 Å². The molecule has 1 aromatic carbocycles. The van der Waals surface area contributed by atoms with Crippen LogP contribution in [0.25, 0.3) is 11.1 Å². The van der Waals surface area contributed by atoms with Crippen molar-refractivity contribution in [2.75, 3.05) is 0 Å². The molecule has 3 heteroatoms. The van der Waals surface area contributed by atoms with Gasteiger partial charge in [0, 0.05) is 11.1 Å². The lowest BCUT2D eigenvalue weighted by Crippen LogP contribution is -1.80. The molecule has 1 aromatic heterocycles. The molecule has 2 rings (SSSR count). The fraction of sp³-hybridized carbons (Fsp3) is 0. The molecule has 0 atom stereocenters. The number of aromatic nitrogens is 1. The van der Waals surface area contributed by atoms with Gasteiger partial charge < -0.3 is 4.52 Å². The first kappa shape index (κ1) is 7.56. The molecule has 0 saturated carbocycles. The Labute approximate surface area is 75.2 Å². The second-order valence-corrected chi connectivity index (χ2v) is 2.57. The van der Waals surface area contributed by atoms with Crippen molar-refractivity contribution in [3.05, 3.63) is 42.3 Å². The normalized spacial score (nSPS) is 9.46. The van der Waals surface area contributed by atoms with Gasteiger partial charge in [0.15, 0.2) is 0 Å². The van der Waals surface area contributed by atoms with Crippen molar-refractivity contribution in [2.24, 2.45) is 0 Å². The van der Waals surface area contributed by atoms with Crippen LogP contribution in [0.1, 0.15) is 5.56 Å². The molecule has 0 N–H and O–H groups in total. The van der Waals surface area contributed by atoms with Crippen LogP contribution in [-0.2, 0) is 0 Å². The van der Waals surface area contributed by atoms with Crippen molar-refractivity contribution in [2.45, 2.75) is 0 Å². The van der Waals surface area contributed by atoms with Crippen LogP contribution in [0, 0.1) is 11.3 Å². The minimum absolute atomic E-state index is 0.630. The standard InChI is InChI=1S/C10H6N2O/c11-5-8-3-1-2-4-10(8)9-6-12-13-7-9/h1-4,6-7H. The smallest absolute Gasteiger partial charge is 0.131 e. The molecular formula is C10H6N2O. The van der Waals surface area contributed by atoms with Gasteiger partial charge in [0.05, 0.1) is 17.8 Å². The molecule has 0 fully saturated rings. The van der Waals surface area contributed by atoms with Gasteiger partial charge >= 0.3 is 0 Å². The van der Waals surface area contributed by atoms with Crippen LogP contribution in [-0.4, -0.2) is 5.16 Å². The summed E-state index contributed by atoms with van der Waals surface area (Å²) in [5.41, 5.74) is 2.31. The molecule has 1 heterocycles. The molecule has 0 bridgehead atoms. The van der Waals surface area contributed by atoms with Gasteiger partial charge in [-0.25, -0.2) is 0 Å². The Morgan fingerprint density at radius 2 is 2.15 bits per heavy atom. The molecule has 3 nitrogen and oxygen atoms in total. The summed E-state index contributed by atoms with van der Waals surface area (Å²) in [5, 5.41) is 12.4. The highest BCUT2D eigenvalue weighted by molar-refractivity contribution is 5.68. The van der Waals surface area contributed by atoms with E-state index in [9.17, 15) is 0 Å². The van der Waals surface area contributed by atoms with Gasteiger partial charge in [0.25, 0.3) is 0 Å². The van der Waals surface area contributed by atoms with Crippen LogP contribution < -0.4 is 0 Å². The molecule has 0 radical (unpaired) electrons. The lowest BCUT2D eigenvalue weighted by atomic mass is 10.0. The minimum atomic E-state index is 0.630. The fourth-order valence-corrected chi connectivity index (χ4v) is 1.17. The van der Waals surface area contributed by atoms with Crippen LogP contribution >= 0.6 is 0 Å². The third kappa shape index (κ3) is 1.30. The summed E-state index contributed by atoms with van der Waals surface area (Å²) < 4.78 is 4.71. The van der Waals surface area contributed by atoms with Gasteiger partial charge in [0.2, 0.25) is 0 Å². The number of benzene rings is 1.